The van der Waals surface area contributed by atoms with E-state index in [4.69, 9.17) is 5.26 Å². The van der Waals surface area contributed by atoms with Crippen LogP contribution in [0, 0.1) is 11.3 Å². The lowest BCUT2D eigenvalue weighted by molar-refractivity contribution is 0.254. The van der Waals surface area contributed by atoms with Crippen LogP contribution in [0.15, 0.2) is 18.3 Å². The normalized spacial score (nSPS) is 27.9. The largest absolute Gasteiger partial charge is 0.369 e. The first-order valence-electron chi connectivity index (χ1n) is 6.61. The minimum Gasteiger partial charge on any atom is -0.369 e. The van der Waals surface area contributed by atoms with Gasteiger partial charge in [0.05, 0.1) is 11.9 Å². The van der Waals surface area contributed by atoms with Gasteiger partial charge < -0.3 is 4.90 Å². The lowest BCUT2D eigenvalue weighted by atomic mass is 10.1. The zero-order valence-corrected chi connectivity index (χ0v) is 10.7. The molecular weight excluding hydrogens is 224 g/mol. The second kappa shape index (κ2) is 4.58. The van der Waals surface area contributed by atoms with E-state index in [2.05, 4.69) is 27.9 Å². The first-order valence-corrected chi connectivity index (χ1v) is 6.61. The molecule has 2 aliphatic heterocycles. The molecular formula is C14H18N4. The van der Waals surface area contributed by atoms with Gasteiger partial charge in [-0.2, -0.15) is 5.26 Å². The molecule has 4 nitrogen and oxygen atoms in total. The number of aromatic nitrogens is 1. The number of nitriles is 1. The van der Waals surface area contributed by atoms with E-state index in [-0.39, 0.29) is 0 Å². The smallest absolute Gasteiger partial charge is 0.140 e. The van der Waals surface area contributed by atoms with E-state index < -0.39 is 0 Å². The van der Waals surface area contributed by atoms with Gasteiger partial charge in [-0.05, 0) is 38.4 Å². The molecule has 3 rings (SSSR count). The van der Waals surface area contributed by atoms with Crippen LogP contribution in [0.4, 0.5) is 5.69 Å². The fourth-order valence-corrected chi connectivity index (χ4v) is 3.18. The van der Waals surface area contributed by atoms with Gasteiger partial charge in [0.2, 0.25) is 0 Å². The summed E-state index contributed by atoms with van der Waals surface area (Å²) in [6.45, 7) is 2.18. The second-order valence-corrected chi connectivity index (χ2v) is 5.30. The van der Waals surface area contributed by atoms with E-state index in [0.29, 0.717) is 11.7 Å². The Morgan fingerprint density at radius 2 is 2.11 bits per heavy atom. The highest BCUT2D eigenvalue weighted by atomic mass is 15.3. The Labute approximate surface area is 108 Å². The molecule has 18 heavy (non-hydrogen) atoms. The summed E-state index contributed by atoms with van der Waals surface area (Å²) in [5.74, 6) is 0. The predicted octanol–water partition coefficient (Wildman–Crippen LogP) is 1.63. The number of fused-ring (bicyclic) bond motifs is 2. The molecule has 0 saturated carbocycles. The van der Waals surface area contributed by atoms with Crippen molar-refractivity contribution in [1.82, 2.24) is 9.88 Å². The van der Waals surface area contributed by atoms with Crippen molar-refractivity contribution >= 4 is 5.69 Å². The molecule has 4 heteroatoms. The molecule has 1 aromatic heterocycles. The molecule has 0 N–H and O–H groups in total. The first-order chi connectivity index (χ1) is 8.78. The third kappa shape index (κ3) is 1.95. The summed E-state index contributed by atoms with van der Waals surface area (Å²) in [5, 5.41) is 8.77. The van der Waals surface area contributed by atoms with Crippen molar-refractivity contribution in [3.63, 3.8) is 0 Å². The molecule has 0 unspecified atom stereocenters. The molecule has 2 aliphatic rings. The van der Waals surface area contributed by atoms with E-state index in [9.17, 15) is 0 Å². The molecule has 2 fully saturated rings. The highest BCUT2D eigenvalue weighted by Gasteiger charge is 2.34. The van der Waals surface area contributed by atoms with Crippen LogP contribution in [0.25, 0.3) is 0 Å². The maximum atomic E-state index is 8.77. The maximum absolute atomic E-state index is 8.77. The van der Waals surface area contributed by atoms with Crippen molar-refractivity contribution in [2.75, 3.05) is 25.0 Å². The van der Waals surface area contributed by atoms with Gasteiger partial charge in [0.25, 0.3) is 0 Å². The summed E-state index contributed by atoms with van der Waals surface area (Å²) < 4.78 is 0. The van der Waals surface area contributed by atoms with E-state index in [0.717, 1.165) is 24.8 Å². The molecule has 1 aromatic rings. The van der Waals surface area contributed by atoms with Crippen LogP contribution < -0.4 is 4.90 Å². The third-order valence-electron chi connectivity index (χ3n) is 4.38. The zero-order valence-electron chi connectivity index (χ0n) is 10.7. The van der Waals surface area contributed by atoms with Crippen LogP contribution >= 0.6 is 0 Å². The van der Waals surface area contributed by atoms with Crippen LogP contribution in [0.1, 0.15) is 25.0 Å². The summed E-state index contributed by atoms with van der Waals surface area (Å²) in [5.41, 5.74) is 1.64. The number of likely N-dealkylation sites (N-methyl/N-ethyl adjacent to an activating group) is 1. The zero-order chi connectivity index (χ0) is 12.5. The fraction of sp³-hybridized carbons (Fsp3) is 0.571. The van der Waals surface area contributed by atoms with Gasteiger partial charge in [0.1, 0.15) is 11.8 Å². The lowest BCUT2D eigenvalue weighted by Gasteiger charge is -2.27. The van der Waals surface area contributed by atoms with Crippen molar-refractivity contribution < 1.29 is 0 Å². The Bertz CT molecular complexity index is 462. The quantitative estimate of drug-likeness (QED) is 0.750. The highest BCUT2D eigenvalue weighted by molar-refractivity contribution is 5.46. The molecule has 2 saturated heterocycles. The number of anilines is 1. The predicted molar refractivity (Wildman–Crippen MR) is 70.4 cm³/mol. The first kappa shape index (κ1) is 11.5. The Kier molecular flexibility index (Phi) is 2.92. The standard InChI is InChI=1S/C14H18N4/c1-17-12-4-5-14(17)10-18(7-6-12)13-3-2-11(8-15)16-9-13/h2-3,9,12,14H,4-7,10H2,1H3/t12-,14-/m1/s1. The third-order valence-corrected chi connectivity index (χ3v) is 4.38. The number of rotatable bonds is 1. The molecule has 0 aromatic carbocycles. The second-order valence-electron chi connectivity index (χ2n) is 5.30. The van der Waals surface area contributed by atoms with Crippen molar-refractivity contribution in [1.29, 1.82) is 5.26 Å². The van der Waals surface area contributed by atoms with Gasteiger partial charge in [-0.15, -0.1) is 0 Å². The summed E-state index contributed by atoms with van der Waals surface area (Å²) >= 11 is 0. The van der Waals surface area contributed by atoms with Gasteiger partial charge in [-0.1, -0.05) is 0 Å². The molecule has 0 radical (unpaired) electrons. The molecule has 0 amide bonds. The van der Waals surface area contributed by atoms with E-state index in [1.165, 1.54) is 19.3 Å². The summed E-state index contributed by atoms with van der Waals surface area (Å²) in [7, 11) is 2.25. The Morgan fingerprint density at radius 1 is 1.28 bits per heavy atom. The molecule has 0 spiro atoms. The minimum absolute atomic E-state index is 0.493. The van der Waals surface area contributed by atoms with Crippen molar-refractivity contribution in [3.8, 4) is 6.07 Å². The molecule has 94 valence electrons. The fourth-order valence-electron chi connectivity index (χ4n) is 3.18. The van der Waals surface area contributed by atoms with Crippen molar-refractivity contribution in [2.24, 2.45) is 0 Å². The molecule has 2 bridgehead atoms. The van der Waals surface area contributed by atoms with E-state index in [1.807, 2.05) is 18.3 Å². The van der Waals surface area contributed by atoms with E-state index in [1.54, 1.807) is 0 Å². The van der Waals surface area contributed by atoms with Gasteiger partial charge in [-0.25, -0.2) is 4.98 Å². The number of hydrogen-bond donors (Lipinski definition) is 0. The Morgan fingerprint density at radius 3 is 2.83 bits per heavy atom. The Hall–Kier alpha value is -1.60. The minimum atomic E-state index is 0.493. The SMILES string of the molecule is CN1[C@@H]2CC[C@@H]1CN(c1ccc(C#N)nc1)CC2. The van der Waals surface area contributed by atoms with Gasteiger partial charge >= 0.3 is 0 Å². The molecule has 0 aliphatic carbocycles. The lowest BCUT2D eigenvalue weighted by Crippen LogP contribution is -2.36. The summed E-state index contributed by atoms with van der Waals surface area (Å²) in [6, 6.07) is 7.32. The number of pyridine rings is 1. The van der Waals surface area contributed by atoms with Crippen LogP contribution in [0.5, 0.6) is 0 Å². The molecule has 2 atom stereocenters. The monoisotopic (exact) mass is 242 g/mol. The summed E-state index contributed by atoms with van der Waals surface area (Å²) in [6.07, 6.45) is 5.71. The van der Waals surface area contributed by atoms with Crippen LogP contribution in [0.3, 0.4) is 0 Å². The van der Waals surface area contributed by atoms with Crippen LogP contribution in [0.2, 0.25) is 0 Å². The van der Waals surface area contributed by atoms with E-state index >= 15 is 0 Å². The maximum Gasteiger partial charge on any atom is 0.140 e. The van der Waals surface area contributed by atoms with Crippen LogP contribution in [-0.2, 0) is 0 Å². The molecule has 3 heterocycles. The number of hydrogen-bond acceptors (Lipinski definition) is 4. The average molecular weight is 242 g/mol. The summed E-state index contributed by atoms with van der Waals surface area (Å²) in [4.78, 5) is 9.12. The number of nitrogens with zero attached hydrogens (tertiary/aromatic N) is 4. The highest BCUT2D eigenvalue weighted by Crippen LogP contribution is 2.30. The average Bonchev–Trinajstić information content (AvgIpc) is 2.64. The Balaban J connectivity index is 1.78. The van der Waals surface area contributed by atoms with Crippen molar-refractivity contribution in [2.45, 2.75) is 31.3 Å². The van der Waals surface area contributed by atoms with Gasteiger partial charge in [0.15, 0.2) is 0 Å². The van der Waals surface area contributed by atoms with Crippen molar-refractivity contribution in [3.05, 3.63) is 24.0 Å². The van der Waals surface area contributed by atoms with Gasteiger partial charge in [-0.3, -0.25) is 4.90 Å². The topological polar surface area (TPSA) is 43.2 Å². The van der Waals surface area contributed by atoms with Crippen LogP contribution in [-0.4, -0.2) is 42.1 Å². The van der Waals surface area contributed by atoms with Gasteiger partial charge in [0, 0.05) is 25.2 Å².